The number of halogens is 1. The number of anilines is 2. The van der Waals surface area contributed by atoms with Crippen molar-refractivity contribution in [2.75, 3.05) is 42.9 Å². The molecule has 2 aliphatic rings. The molecule has 0 spiro atoms. The molecule has 2 aliphatic heterocycles. The maximum Gasteiger partial charge on any atom is 0.321 e. The highest BCUT2D eigenvalue weighted by molar-refractivity contribution is 7.14. The summed E-state index contributed by atoms with van der Waals surface area (Å²) in [5.74, 6) is 0.0811. The molecular formula is C21H24ClN5O3S. The number of aromatic nitrogens is 1. The first-order valence-corrected chi connectivity index (χ1v) is 11.6. The van der Waals surface area contributed by atoms with Gasteiger partial charge in [0.15, 0.2) is 5.13 Å². The largest absolute Gasteiger partial charge is 0.341 e. The number of carbonyl (C=O) groups excluding carboxylic acids is 3. The van der Waals surface area contributed by atoms with E-state index in [-0.39, 0.29) is 24.3 Å². The number of benzene rings is 1. The van der Waals surface area contributed by atoms with Crippen molar-refractivity contribution in [2.45, 2.75) is 25.7 Å². The van der Waals surface area contributed by atoms with Gasteiger partial charge in [0.25, 0.3) is 0 Å². The van der Waals surface area contributed by atoms with Gasteiger partial charge in [-0.3, -0.25) is 14.5 Å². The zero-order valence-electron chi connectivity index (χ0n) is 17.1. The Hall–Kier alpha value is -2.65. The first kappa shape index (κ1) is 21.6. The summed E-state index contributed by atoms with van der Waals surface area (Å²) in [5, 5.41) is 5.94. The smallest absolute Gasteiger partial charge is 0.321 e. The van der Waals surface area contributed by atoms with Crippen LogP contribution in [-0.4, -0.2) is 65.4 Å². The standard InChI is InChI=1S/C21H24ClN5O3S/c22-15-4-1-5-16(12-15)23-20(30)26-8-3-7-25(10-11-26)19(29)13-17-14-31-21(24-17)27-9-2-6-18(27)28/h1,4-5,12,14H,2-3,6-11,13H2,(H,23,30). The molecular weight excluding hydrogens is 438 g/mol. The molecule has 0 saturated carbocycles. The first-order valence-electron chi connectivity index (χ1n) is 10.3. The predicted molar refractivity (Wildman–Crippen MR) is 121 cm³/mol. The second-order valence-electron chi connectivity index (χ2n) is 7.61. The van der Waals surface area contributed by atoms with E-state index < -0.39 is 0 Å². The summed E-state index contributed by atoms with van der Waals surface area (Å²) in [6.07, 6.45) is 2.32. The molecule has 4 amide bonds. The minimum atomic E-state index is -0.198. The lowest BCUT2D eigenvalue weighted by Gasteiger charge is -2.22. The highest BCUT2D eigenvalue weighted by Gasteiger charge is 2.26. The minimum Gasteiger partial charge on any atom is -0.341 e. The van der Waals surface area contributed by atoms with Gasteiger partial charge in [-0.05, 0) is 31.0 Å². The second kappa shape index (κ2) is 9.65. The van der Waals surface area contributed by atoms with E-state index in [1.807, 2.05) is 5.38 Å². The molecule has 10 heteroatoms. The van der Waals surface area contributed by atoms with Crippen molar-refractivity contribution in [2.24, 2.45) is 0 Å². The molecule has 1 N–H and O–H groups in total. The van der Waals surface area contributed by atoms with Crippen molar-refractivity contribution in [1.82, 2.24) is 14.8 Å². The minimum absolute atomic E-state index is 0.0123. The fraction of sp³-hybridized carbons (Fsp3) is 0.429. The average Bonchev–Trinajstić information content (AvgIpc) is 3.28. The molecule has 4 rings (SSSR count). The van der Waals surface area contributed by atoms with Crippen LogP contribution in [0, 0.1) is 0 Å². The molecule has 0 aliphatic carbocycles. The second-order valence-corrected chi connectivity index (χ2v) is 8.88. The number of hydrogen-bond acceptors (Lipinski definition) is 5. The summed E-state index contributed by atoms with van der Waals surface area (Å²) in [7, 11) is 0. The van der Waals surface area contributed by atoms with Crippen molar-refractivity contribution in [3.05, 3.63) is 40.4 Å². The highest BCUT2D eigenvalue weighted by atomic mass is 35.5. The number of nitrogens with zero attached hydrogens (tertiary/aromatic N) is 4. The molecule has 0 unspecified atom stereocenters. The van der Waals surface area contributed by atoms with Crippen LogP contribution < -0.4 is 10.2 Å². The Morgan fingerprint density at radius 3 is 2.68 bits per heavy atom. The van der Waals surface area contributed by atoms with Crippen LogP contribution in [0.1, 0.15) is 25.0 Å². The molecule has 2 aromatic rings. The SMILES string of the molecule is O=C(Cc1csc(N2CCCC2=O)n1)N1CCCN(C(=O)Nc2cccc(Cl)c2)CC1. The summed E-state index contributed by atoms with van der Waals surface area (Å²) in [5.41, 5.74) is 1.33. The summed E-state index contributed by atoms with van der Waals surface area (Å²) in [6.45, 7) is 2.81. The van der Waals surface area contributed by atoms with Gasteiger partial charge < -0.3 is 15.1 Å². The number of urea groups is 1. The number of thiazole rings is 1. The third-order valence-electron chi connectivity index (χ3n) is 5.39. The third kappa shape index (κ3) is 5.34. The van der Waals surface area contributed by atoms with E-state index >= 15 is 0 Å². The number of rotatable bonds is 4. The van der Waals surface area contributed by atoms with Crippen LogP contribution in [0.25, 0.3) is 0 Å². The first-order chi connectivity index (χ1) is 15.0. The molecule has 31 heavy (non-hydrogen) atoms. The Kier molecular flexibility index (Phi) is 6.72. The molecule has 0 radical (unpaired) electrons. The number of nitrogens with one attached hydrogen (secondary N) is 1. The molecule has 8 nitrogen and oxygen atoms in total. The van der Waals surface area contributed by atoms with Crippen LogP contribution in [0.2, 0.25) is 5.02 Å². The number of amides is 4. The zero-order chi connectivity index (χ0) is 21.8. The lowest BCUT2D eigenvalue weighted by molar-refractivity contribution is -0.130. The Morgan fingerprint density at radius 1 is 1.10 bits per heavy atom. The van der Waals surface area contributed by atoms with Gasteiger partial charge in [-0.15, -0.1) is 11.3 Å². The Morgan fingerprint density at radius 2 is 1.90 bits per heavy atom. The van der Waals surface area contributed by atoms with Crippen molar-refractivity contribution in [3.8, 4) is 0 Å². The van der Waals surface area contributed by atoms with Crippen LogP contribution in [-0.2, 0) is 16.0 Å². The average molecular weight is 462 g/mol. The van der Waals surface area contributed by atoms with Crippen molar-refractivity contribution in [1.29, 1.82) is 0 Å². The van der Waals surface area contributed by atoms with Gasteiger partial charge in [0.2, 0.25) is 11.8 Å². The Bertz CT molecular complexity index is 981. The molecule has 3 heterocycles. The van der Waals surface area contributed by atoms with Crippen LogP contribution in [0.3, 0.4) is 0 Å². The van der Waals surface area contributed by atoms with E-state index in [1.165, 1.54) is 11.3 Å². The van der Waals surface area contributed by atoms with E-state index in [9.17, 15) is 14.4 Å². The fourth-order valence-corrected chi connectivity index (χ4v) is 4.82. The third-order valence-corrected chi connectivity index (χ3v) is 6.54. The normalized spacial score (nSPS) is 17.1. The highest BCUT2D eigenvalue weighted by Crippen LogP contribution is 2.25. The van der Waals surface area contributed by atoms with Crippen molar-refractivity contribution >= 4 is 51.6 Å². The van der Waals surface area contributed by atoms with E-state index in [4.69, 9.17) is 11.6 Å². The molecule has 0 atom stereocenters. The molecule has 0 bridgehead atoms. The molecule has 1 aromatic heterocycles. The van der Waals surface area contributed by atoms with Gasteiger partial charge in [0, 0.05) is 55.2 Å². The van der Waals surface area contributed by atoms with Crippen molar-refractivity contribution in [3.63, 3.8) is 0 Å². The van der Waals surface area contributed by atoms with Gasteiger partial charge in [-0.2, -0.15) is 0 Å². The van der Waals surface area contributed by atoms with E-state index in [2.05, 4.69) is 10.3 Å². The lowest BCUT2D eigenvalue weighted by atomic mass is 10.3. The molecule has 2 fully saturated rings. The van der Waals surface area contributed by atoms with Gasteiger partial charge in [0.1, 0.15) is 0 Å². The molecule has 2 saturated heterocycles. The molecule has 1 aromatic carbocycles. The summed E-state index contributed by atoms with van der Waals surface area (Å²) in [4.78, 5) is 46.9. The summed E-state index contributed by atoms with van der Waals surface area (Å²) < 4.78 is 0. The predicted octanol–water partition coefficient (Wildman–Crippen LogP) is 3.23. The van der Waals surface area contributed by atoms with Crippen LogP contribution >= 0.6 is 22.9 Å². The molecule has 164 valence electrons. The maximum atomic E-state index is 12.8. The van der Waals surface area contributed by atoms with Crippen LogP contribution in [0.4, 0.5) is 15.6 Å². The van der Waals surface area contributed by atoms with Gasteiger partial charge in [-0.25, -0.2) is 9.78 Å². The van der Waals surface area contributed by atoms with Gasteiger partial charge in [-0.1, -0.05) is 17.7 Å². The van der Waals surface area contributed by atoms with Gasteiger partial charge >= 0.3 is 6.03 Å². The van der Waals surface area contributed by atoms with Crippen LogP contribution in [0.15, 0.2) is 29.6 Å². The summed E-state index contributed by atoms with van der Waals surface area (Å²) in [6, 6.07) is 6.82. The zero-order valence-corrected chi connectivity index (χ0v) is 18.6. The van der Waals surface area contributed by atoms with Gasteiger partial charge in [0.05, 0.1) is 12.1 Å². The maximum absolute atomic E-state index is 12.8. The van der Waals surface area contributed by atoms with E-state index in [0.29, 0.717) is 67.1 Å². The number of carbonyl (C=O) groups is 3. The van der Waals surface area contributed by atoms with Crippen LogP contribution in [0.5, 0.6) is 0 Å². The number of hydrogen-bond donors (Lipinski definition) is 1. The Labute approximate surface area is 189 Å². The van der Waals surface area contributed by atoms with E-state index in [1.54, 1.807) is 39.0 Å². The summed E-state index contributed by atoms with van der Waals surface area (Å²) >= 11 is 7.38. The fourth-order valence-electron chi connectivity index (χ4n) is 3.76. The quantitative estimate of drug-likeness (QED) is 0.757. The monoisotopic (exact) mass is 461 g/mol. The van der Waals surface area contributed by atoms with Crippen molar-refractivity contribution < 1.29 is 14.4 Å². The Balaban J connectivity index is 1.30. The van der Waals surface area contributed by atoms with E-state index in [0.717, 1.165) is 6.42 Å². The topological polar surface area (TPSA) is 85.9 Å². The lowest BCUT2D eigenvalue weighted by Crippen LogP contribution is -2.39.